The van der Waals surface area contributed by atoms with Crippen molar-refractivity contribution in [2.24, 2.45) is 4.99 Å². The average Bonchev–Trinajstić information content (AvgIpc) is 2.81. The lowest BCUT2D eigenvalue weighted by atomic mass is 10.2. The summed E-state index contributed by atoms with van der Waals surface area (Å²) in [4.78, 5) is 18.8. The lowest BCUT2D eigenvalue weighted by Crippen LogP contribution is -2.35. The van der Waals surface area contributed by atoms with Crippen molar-refractivity contribution in [1.82, 2.24) is 9.21 Å². The number of carbonyl (C=O) groups is 1. The second-order valence-corrected chi connectivity index (χ2v) is 8.15. The van der Waals surface area contributed by atoms with E-state index in [1.54, 1.807) is 43.4 Å². The molecule has 0 bridgehead atoms. The minimum Gasteiger partial charge on any atom is -0.382 e. The quantitative estimate of drug-likeness (QED) is 0.591. The van der Waals surface area contributed by atoms with E-state index in [0.717, 1.165) is 21.6 Å². The maximum absolute atomic E-state index is 12.9. The van der Waals surface area contributed by atoms with E-state index in [0.29, 0.717) is 4.91 Å². The first-order valence-electron chi connectivity index (χ1n) is 7.15. The Morgan fingerprint density at radius 1 is 1.29 bits per heavy atom. The fourth-order valence-electron chi connectivity index (χ4n) is 1.95. The van der Waals surface area contributed by atoms with Crippen molar-refractivity contribution in [1.29, 1.82) is 0 Å². The Kier molecular flexibility index (Phi) is 5.51. The van der Waals surface area contributed by atoms with Crippen molar-refractivity contribution < 1.29 is 13.2 Å². The second kappa shape index (κ2) is 7.23. The van der Waals surface area contributed by atoms with E-state index in [-0.39, 0.29) is 16.6 Å². The van der Waals surface area contributed by atoms with Crippen LogP contribution in [0.3, 0.4) is 0 Å². The van der Waals surface area contributed by atoms with Gasteiger partial charge in [-0.2, -0.15) is 4.31 Å². The van der Waals surface area contributed by atoms with Gasteiger partial charge in [-0.25, -0.2) is 8.42 Å². The number of aliphatic imine (C=N–C) groups is 1. The number of hydrogen-bond donors (Lipinski definition) is 0. The number of nitrogens with zero attached hydrogens (tertiary/aromatic N) is 3. The summed E-state index contributed by atoms with van der Waals surface area (Å²) < 4.78 is 26.6. The lowest BCUT2D eigenvalue weighted by Gasteiger charge is -2.16. The molecule has 1 aromatic rings. The van der Waals surface area contributed by atoms with Gasteiger partial charge in [-0.05, 0) is 30.8 Å². The van der Waals surface area contributed by atoms with Gasteiger partial charge in [0.25, 0.3) is 15.9 Å². The summed E-state index contributed by atoms with van der Waals surface area (Å²) in [5.74, 6) is -0.600. The molecule has 1 saturated heterocycles. The number of amidine groups is 1. The third-order valence-corrected chi connectivity index (χ3v) is 5.86. The molecule has 1 aliphatic heterocycles. The molecule has 0 spiro atoms. The van der Waals surface area contributed by atoms with Gasteiger partial charge < -0.3 is 4.90 Å². The first-order chi connectivity index (χ1) is 11.3. The highest BCUT2D eigenvalue weighted by Crippen LogP contribution is 2.35. The van der Waals surface area contributed by atoms with Gasteiger partial charge in [0.15, 0.2) is 5.17 Å². The normalized spacial score (nSPS) is 18.5. The zero-order valence-corrected chi connectivity index (χ0v) is 15.4. The van der Waals surface area contributed by atoms with Crippen LogP contribution in [0, 0.1) is 6.92 Å². The highest BCUT2D eigenvalue weighted by Gasteiger charge is 2.42. The second-order valence-electron chi connectivity index (χ2n) is 5.36. The van der Waals surface area contributed by atoms with Gasteiger partial charge in [0.1, 0.15) is 0 Å². The van der Waals surface area contributed by atoms with Crippen LogP contribution in [0.2, 0.25) is 0 Å². The SMILES string of the molecule is C=CCN=C1SC(=CN(C)C)C(=O)N1S(=O)(=O)c1ccc(C)cc1. The summed E-state index contributed by atoms with van der Waals surface area (Å²) in [6.45, 7) is 5.66. The van der Waals surface area contributed by atoms with Crippen LogP contribution in [0.25, 0.3) is 0 Å². The van der Waals surface area contributed by atoms with Crippen LogP contribution in [-0.4, -0.2) is 49.3 Å². The molecule has 8 heteroatoms. The molecule has 1 aliphatic rings. The Bertz CT molecular complexity index is 809. The number of benzene rings is 1. The molecule has 0 saturated carbocycles. The van der Waals surface area contributed by atoms with Crippen molar-refractivity contribution >= 4 is 32.9 Å². The molecule has 0 aromatic heterocycles. The zero-order chi connectivity index (χ0) is 17.9. The highest BCUT2D eigenvalue weighted by atomic mass is 32.2. The summed E-state index contributed by atoms with van der Waals surface area (Å²) >= 11 is 1.04. The lowest BCUT2D eigenvalue weighted by molar-refractivity contribution is -0.119. The van der Waals surface area contributed by atoms with Gasteiger partial charge in [-0.3, -0.25) is 9.79 Å². The number of amides is 1. The van der Waals surface area contributed by atoms with Crippen LogP contribution in [-0.2, 0) is 14.8 Å². The molecule has 1 fully saturated rings. The van der Waals surface area contributed by atoms with E-state index >= 15 is 0 Å². The van der Waals surface area contributed by atoms with Crippen molar-refractivity contribution in [2.75, 3.05) is 20.6 Å². The van der Waals surface area contributed by atoms with E-state index in [4.69, 9.17) is 0 Å². The third kappa shape index (κ3) is 3.70. The van der Waals surface area contributed by atoms with E-state index < -0.39 is 15.9 Å². The Morgan fingerprint density at radius 3 is 2.46 bits per heavy atom. The van der Waals surface area contributed by atoms with Gasteiger partial charge in [-0.1, -0.05) is 23.8 Å². The summed E-state index contributed by atoms with van der Waals surface area (Å²) in [6, 6.07) is 6.36. The standard InChI is InChI=1S/C16H19N3O3S2/c1-5-10-17-16-19(15(20)14(23-16)11-18(3)4)24(21,22)13-8-6-12(2)7-9-13/h5-9,11H,1,10H2,2-4H3. The number of carbonyl (C=O) groups excluding carboxylic acids is 1. The van der Waals surface area contributed by atoms with Gasteiger partial charge >= 0.3 is 0 Å². The van der Waals surface area contributed by atoms with E-state index in [1.165, 1.54) is 12.1 Å². The van der Waals surface area contributed by atoms with Crippen LogP contribution in [0.4, 0.5) is 0 Å². The van der Waals surface area contributed by atoms with Crippen LogP contribution in [0.15, 0.2) is 57.9 Å². The van der Waals surface area contributed by atoms with Gasteiger partial charge in [-0.15, -0.1) is 6.58 Å². The Morgan fingerprint density at radius 2 is 1.92 bits per heavy atom. The predicted octanol–water partition coefficient (Wildman–Crippen LogP) is 2.20. The molecule has 128 valence electrons. The van der Waals surface area contributed by atoms with E-state index in [1.807, 2.05) is 6.92 Å². The zero-order valence-electron chi connectivity index (χ0n) is 13.8. The van der Waals surface area contributed by atoms with Crippen LogP contribution in [0.5, 0.6) is 0 Å². The minimum atomic E-state index is -4.01. The minimum absolute atomic E-state index is 0.0551. The maximum Gasteiger partial charge on any atom is 0.282 e. The summed E-state index contributed by atoms with van der Waals surface area (Å²) in [6.07, 6.45) is 3.13. The number of sulfonamides is 1. The van der Waals surface area contributed by atoms with E-state index in [9.17, 15) is 13.2 Å². The van der Waals surface area contributed by atoms with Gasteiger partial charge in [0, 0.05) is 20.3 Å². The van der Waals surface area contributed by atoms with Crippen molar-refractivity contribution in [3.63, 3.8) is 0 Å². The van der Waals surface area contributed by atoms with Crippen LogP contribution in [0.1, 0.15) is 5.56 Å². The molecule has 0 aliphatic carbocycles. The first kappa shape index (κ1) is 18.3. The fraction of sp³-hybridized carbons (Fsp3) is 0.250. The molecule has 24 heavy (non-hydrogen) atoms. The molecule has 2 rings (SSSR count). The molecule has 0 atom stereocenters. The van der Waals surface area contributed by atoms with Gasteiger partial charge in [0.05, 0.1) is 16.3 Å². The Labute approximate surface area is 146 Å². The summed E-state index contributed by atoms with van der Waals surface area (Å²) in [5, 5.41) is 0.133. The average molecular weight is 365 g/mol. The monoisotopic (exact) mass is 365 g/mol. The molecule has 1 aromatic carbocycles. The smallest absolute Gasteiger partial charge is 0.282 e. The molecular formula is C16H19N3O3S2. The Balaban J connectivity index is 2.52. The van der Waals surface area contributed by atoms with Crippen molar-refractivity contribution in [3.8, 4) is 0 Å². The first-order valence-corrected chi connectivity index (χ1v) is 9.41. The number of aryl methyl sites for hydroxylation is 1. The molecule has 0 radical (unpaired) electrons. The largest absolute Gasteiger partial charge is 0.382 e. The highest BCUT2D eigenvalue weighted by molar-refractivity contribution is 8.19. The molecule has 6 nitrogen and oxygen atoms in total. The maximum atomic E-state index is 12.9. The molecule has 0 N–H and O–H groups in total. The number of thioether (sulfide) groups is 1. The molecule has 1 heterocycles. The summed E-state index contributed by atoms with van der Waals surface area (Å²) in [7, 11) is -0.490. The summed E-state index contributed by atoms with van der Waals surface area (Å²) in [5.41, 5.74) is 0.935. The van der Waals surface area contributed by atoms with Crippen LogP contribution >= 0.6 is 11.8 Å². The predicted molar refractivity (Wildman–Crippen MR) is 97.1 cm³/mol. The molecular weight excluding hydrogens is 346 g/mol. The number of rotatable bonds is 5. The fourth-order valence-corrected chi connectivity index (χ4v) is 4.63. The third-order valence-electron chi connectivity index (χ3n) is 3.06. The van der Waals surface area contributed by atoms with Crippen molar-refractivity contribution in [3.05, 3.63) is 53.6 Å². The Hall–Kier alpha value is -2.06. The van der Waals surface area contributed by atoms with Crippen LogP contribution < -0.4 is 0 Å². The molecule has 1 amide bonds. The van der Waals surface area contributed by atoms with E-state index in [2.05, 4.69) is 11.6 Å². The topological polar surface area (TPSA) is 70.1 Å². The number of hydrogen-bond acceptors (Lipinski definition) is 6. The van der Waals surface area contributed by atoms with Gasteiger partial charge in [0.2, 0.25) is 0 Å². The molecule has 0 unspecified atom stereocenters. The van der Waals surface area contributed by atoms with Crippen molar-refractivity contribution in [2.45, 2.75) is 11.8 Å².